The Hall–Kier alpha value is -2.61. The number of carboxylic acids is 1. The molecule has 0 radical (unpaired) electrons. The van der Waals surface area contributed by atoms with E-state index in [-0.39, 0.29) is 18.7 Å². The number of carbonyl (C=O) groups excluding carboxylic acids is 1. The van der Waals surface area contributed by atoms with Crippen molar-refractivity contribution in [2.45, 2.75) is 32.2 Å². The molecule has 140 valence electrons. The van der Waals surface area contributed by atoms with E-state index in [4.69, 9.17) is 9.47 Å². The summed E-state index contributed by atoms with van der Waals surface area (Å²) in [5.41, 5.74) is 1.26. The standard InChI is InChI=1S/C18H22N2O5S/c1-4-17-19-11(10-26-17)7-16(21)20-14(9-18(22)23)13-6-5-12(24-2)8-15(13)25-3/h5-6,8,10,14H,4,7,9H2,1-3H3,(H,20,21)(H,22,23). The van der Waals surface area contributed by atoms with E-state index in [9.17, 15) is 14.7 Å². The lowest BCUT2D eigenvalue weighted by atomic mass is 10.0. The van der Waals surface area contributed by atoms with Crippen molar-refractivity contribution < 1.29 is 24.2 Å². The van der Waals surface area contributed by atoms with Gasteiger partial charge in [-0.25, -0.2) is 4.98 Å². The third-order valence-corrected chi connectivity index (χ3v) is 4.82. The summed E-state index contributed by atoms with van der Waals surface area (Å²) >= 11 is 1.51. The number of methoxy groups -OCH3 is 2. The SMILES string of the molecule is CCc1nc(CC(=O)NC(CC(=O)O)c2ccc(OC)cc2OC)cs1. The topological polar surface area (TPSA) is 97.8 Å². The van der Waals surface area contributed by atoms with Crippen LogP contribution in [0.1, 0.15) is 35.7 Å². The first kappa shape index (κ1) is 19.7. The molecule has 0 fully saturated rings. The molecule has 8 heteroatoms. The third kappa shape index (κ3) is 5.19. The zero-order chi connectivity index (χ0) is 19.1. The molecule has 0 aliphatic carbocycles. The van der Waals surface area contributed by atoms with Crippen molar-refractivity contribution in [2.75, 3.05) is 14.2 Å². The normalized spacial score (nSPS) is 11.7. The highest BCUT2D eigenvalue weighted by Crippen LogP contribution is 2.31. The molecule has 1 aromatic carbocycles. The van der Waals surface area contributed by atoms with Crippen LogP contribution in [0.25, 0.3) is 0 Å². The molecule has 0 saturated carbocycles. The number of aryl methyl sites for hydroxylation is 1. The van der Waals surface area contributed by atoms with Crippen molar-refractivity contribution >= 4 is 23.2 Å². The molecule has 1 heterocycles. The Bertz CT molecular complexity index is 775. The lowest BCUT2D eigenvalue weighted by molar-refractivity contribution is -0.137. The quantitative estimate of drug-likeness (QED) is 0.696. The molecule has 1 atom stereocenters. The summed E-state index contributed by atoms with van der Waals surface area (Å²) in [5, 5.41) is 14.8. The molecule has 2 N–H and O–H groups in total. The van der Waals surface area contributed by atoms with Crippen LogP contribution < -0.4 is 14.8 Å². The number of nitrogens with zero attached hydrogens (tertiary/aromatic N) is 1. The second-order valence-corrected chi connectivity index (χ2v) is 6.53. The maximum atomic E-state index is 12.4. The smallest absolute Gasteiger partial charge is 0.305 e. The van der Waals surface area contributed by atoms with Gasteiger partial charge in [0.2, 0.25) is 5.91 Å². The second-order valence-electron chi connectivity index (χ2n) is 5.59. The van der Waals surface area contributed by atoms with Gasteiger partial charge in [0.25, 0.3) is 0 Å². The van der Waals surface area contributed by atoms with Gasteiger partial charge in [0.05, 0.1) is 43.8 Å². The number of benzene rings is 1. The number of hydrogen-bond acceptors (Lipinski definition) is 6. The van der Waals surface area contributed by atoms with Gasteiger partial charge in [-0.3, -0.25) is 9.59 Å². The van der Waals surface area contributed by atoms with E-state index in [0.717, 1.165) is 11.4 Å². The molecule has 0 aliphatic heterocycles. The van der Waals surface area contributed by atoms with Gasteiger partial charge in [-0.2, -0.15) is 0 Å². The number of aromatic nitrogens is 1. The highest BCUT2D eigenvalue weighted by atomic mass is 32.1. The van der Waals surface area contributed by atoms with Crippen molar-refractivity contribution in [3.05, 3.63) is 39.8 Å². The number of carboxylic acid groups (broad SMARTS) is 1. The molecular weight excluding hydrogens is 356 g/mol. The second kappa shape index (κ2) is 9.19. The molecule has 0 saturated heterocycles. The van der Waals surface area contributed by atoms with Gasteiger partial charge in [-0.15, -0.1) is 11.3 Å². The Morgan fingerprint density at radius 1 is 1.31 bits per heavy atom. The van der Waals surface area contributed by atoms with Crippen LogP contribution in [0, 0.1) is 0 Å². The first-order chi connectivity index (χ1) is 12.5. The third-order valence-electron chi connectivity index (χ3n) is 3.77. The van der Waals surface area contributed by atoms with Gasteiger partial charge in [0.15, 0.2) is 0 Å². The molecule has 1 amide bonds. The molecule has 0 bridgehead atoms. The minimum atomic E-state index is -1.02. The summed E-state index contributed by atoms with van der Waals surface area (Å²) in [5.74, 6) is -0.268. The Labute approximate surface area is 156 Å². The average molecular weight is 378 g/mol. The van der Waals surface area contributed by atoms with Crippen LogP contribution in [0.3, 0.4) is 0 Å². The summed E-state index contributed by atoms with van der Waals surface area (Å²) in [7, 11) is 3.02. The highest BCUT2D eigenvalue weighted by Gasteiger charge is 2.22. The fraction of sp³-hybridized carbons (Fsp3) is 0.389. The number of carbonyl (C=O) groups is 2. The molecule has 0 spiro atoms. The van der Waals surface area contributed by atoms with Gasteiger partial charge in [0.1, 0.15) is 11.5 Å². The van der Waals surface area contributed by atoms with Gasteiger partial charge in [-0.1, -0.05) is 6.92 Å². The fourth-order valence-electron chi connectivity index (χ4n) is 2.52. The number of hydrogen-bond donors (Lipinski definition) is 2. The predicted molar refractivity (Wildman–Crippen MR) is 97.9 cm³/mol. The first-order valence-corrected chi connectivity index (χ1v) is 9.01. The monoisotopic (exact) mass is 378 g/mol. The lowest BCUT2D eigenvalue weighted by Crippen LogP contribution is -2.31. The summed E-state index contributed by atoms with van der Waals surface area (Å²) in [4.78, 5) is 28.0. The fourth-order valence-corrected chi connectivity index (χ4v) is 3.27. The summed E-state index contributed by atoms with van der Waals surface area (Å²) < 4.78 is 10.5. The molecule has 2 aromatic rings. The predicted octanol–water partition coefficient (Wildman–Crippen LogP) is 2.60. The van der Waals surface area contributed by atoms with Crippen LogP contribution in [0.15, 0.2) is 23.6 Å². The summed E-state index contributed by atoms with van der Waals surface area (Å²) in [6, 6.07) is 4.34. The van der Waals surface area contributed by atoms with E-state index in [1.807, 2.05) is 12.3 Å². The van der Waals surface area contributed by atoms with Crippen LogP contribution in [0.5, 0.6) is 11.5 Å². The zero-order valence-electron chi connectivity index (χ0n) is 14.9. The van der Waals surface area contributed by atoms with Crippen molar-refractivity contribution in [1.29, 1.82) is 0 Å². The molecule has 7 nitrogen and oxygen atoms in total. The summed E-state index contributed by atoms with van der Waals surface area (Å²) in [6.07, 6.45) is 0.660. The van der Waals surface area contributed by atoms with Gasteiger partial charge in [0, 0.05) is 17.0 Å². The zero-order valence-corrected chi connectivity index (χ0v) is 15.8. The highest BCUT2D eigenvalue weighted by molar-refractivity contribution is 7.09. The Kier molecular flexibility index (Phi) is 6.97. The van der Waals surface area contributed by atoms with Crippen LogP contribution in [-0.2, 0) is 22.4 Å². The maximum absolute atomic E-state index is 12.4. The molecule has 2 rings (SSSR count). The minimum Gasteiger partial charge on any atom is -0.497 e. The van der Waals surface area contributed by atoms with Gasteiger partial charge < -0.3 is 19.9 Å². The summed E-state index contributed by atoms with van der Waals surface area (Å²) in [6.45, 7) is 2.00. The van der Waals surface area contributed by atoms with E-state index in [1.54, 1.807) is 18.2 Å². The largest absolute Gasteiger partial charge is 0.497 e. The van der Waals surface area contributed by atoms with Crippen molar-refractivity contribution in [3.8, 4) is 11.5 Å². The molecule has 26 heavy (non-hydrogen) atoms. The number of nitrogens with one attached hydrogen (secondary N) is 1. The average Bonchev–Trinajstić information content (AvgIpc) is 3.07. The number of ether oxygens (including phenoxy) is 2. The molecular formula is C18H22N2O5S. The van der Waals surface area contributed by atoms with Crippen molar-refractivity contribution in [2.24, 2.45) is 0 Å². The first-order valence-electron chi connectivity index (χ1n) is 8.13. The van der Waals surface area contributed by atoms with E-state index in [1.165, 1.54) is 25.6 Å². The van der Waals surface area contributed by atoms with Crippen LogP contribution in [-0.4, -0.2) is 36.2 Å². The van der Waals surface area contributed by atoms with Crippen LogP contribution >= 0.6 is 11.3 Å². The van der Waals surface area contributed by atoms with Crippen LogP contribution in [0.2, 0.25) is 0 Å². The van der Waals surface area contributed by atoms with Crippen molar-refractivity contribution in [3.63, 3.8) is 0 Å². The Balaban J connectivity index is 2.18. The molecule has 1 aromatic heterocycles. The van der Waals surface area contributed by atoms with Gasteiger partial charge >= 0.3 is 5.97 Å². The van der Waals surface area contributed by atoms with Crippen LogP contribution in [0.4, 0.5) is 0 Å². The molecule has 1 unspecified atom stereocenters. The Morgan fingerprint density at radius 3 is 2.65 bits per heavy atom. The van der Waals surface area contributed by atoms with E-state index < -0.39 is 12.0 Å². The number of rotatable bonds is 9. The number of thiazole rings is 1. The van der Waals surface area contributed by atoms with E-state index in [2.05, 4.69) is 10.3 Å². The molecule has 0 aliphatic rings. The van der Waals surface area contributed by atoms with E-state index in [0.29, 0.717) is 22.8 Å². The lowest BCUT2D eigenvalue weighted by Gasteiger charge is -2.20. The number of amides is 1. The van der Waals surface area contributed by atoms with Gasteiger partial charge in [-0.05, 0) is 18.6 Å². The van der Waals surface area contributed by atoms with E-state index >= 15 is 0 Å². The minimum absolute atomic E-state index is 0.102. The van der Waals surface area contributed by atoms with Crippen molar-refractivity contribution in [1.82, 2.24) is 10.3 Å². The number of aliphatic carboxylic acids is 1. The maximum Gasteiger partial charge on any atom is 0.305 e. The Morgan fingerprint density at radius 2 is 2.08 bits per heavy atom.